The van der Waals surface area contributed by atoms with E-state index in [2.05, 4.69) is 52.5 Å². The molecule has 0 aliphatic heterocycles. The Kier molecular flexibility index (Phi) is 4.76. The van der Waals surface area contributed by atoms with Gasteiger partial charge in [0.05, 0.1) is 5.69 Å². The lowest BCUT2D eigenvalue weighted by Gasteiger charge is -2.12. The van der Waals surface area contributed by atoms with Gasteiger partial charge in [-0.15, -0.1) is 0 Å². The molecule has 0 unspecified atom stereocenters. The van der Waals surface area contributed by atoms with Gasteiger partial charge >= 0.3 is 0 Å². The van der Waals surface area contributed by atoms with E-state index in [1.807, 2.05) is 38.1 Å². The molecule has 2 aromatic rings. The van der Waals surface area contributed by atoms with E-state index >= 15 is 0 Å². The van der Waals surface area contributed by atoms with Crippen LogP contribution in [0.15, 0.2) is 33.2 Å². The Labute approximate surface area is 129 Å². The predicted molar refractivity (Wildman–Crippen MR) is 86.1 cm³/mol. The second-order valence-electron chi connectivity index (χ2n) is 3.94. The predicted octanol–water partition coefficient (Wildman–Crippen LogP) is 4.49. The summed E-state index contributed by atoms with van der Waals surface area (Å²) in [4.78, 5) is 8.71. The molecule has 2 N–H and O–H groups in total. The van der Waals surface area contributed by atoms with Gasteiger partial charge in [-0.05, 0) is 57.8 Å². The van der Waals surface area contributed by atoms with Crippen LogP contribution in [0.4, 0.5) is 17.3 Å². The van der Waals surface area contributed by atoms with Crippen molar-refractivity contribution in [3.05, 3.63) is 39.0 Å². The van der Waals surface area contributed by atoms with Crippen LogP contribution in [0.25, 0.3) is 0 Å². The summed E-state index contributed by atoms with van der Waals surface area (Å²) in [5, 5.41) is 6.48. The molecule has 19 heavy (non-hydrogen) atoms. The van der Waals surface area contributed by atoms with Crippen LogP contribution in [-0.4, -0.2) is 16.5 Å². The van der Waals surface area contributed by atoms with E-state index in [9.17, 15) is 0 Å². The smallest absolute Gasteiger partial charge is 0.136 e. The van der Waals surface area contributed by atoms with Crippen molar-refractivity contribution in [2.24, 2.45) is 0 Å². The van der Waals surface area contributed by atoms with Crippen LogP contribution in [0, 0.1) is 6.92 Å². The van der Waals surface area contributed by atoms with E-state index < -0.39 is 0 Å². The molecule has 1 heterocycles. The highest BCUT2D eigenvalue weighted by Gasteiger charge is 2.07. The van der Waals surface area contributed by atoms with Gasteiger partial charge in [-0.25, -0.2) is 9.97 Å². The first-order valence-electron chi connectivity index (χ1n) is 5.90. The zero-order valence-corrected chi connectivity index (χ0v) is 13.8. The first-order valence-corrected chi connectivity index (χ1v) is 7.49. The Bertz CT molecular complexity index is 567. The Morgan fingerprint density at radius 3 is 2.37 bits per heavy atom. The van der Waals surface area contributed by atoms with Gasteiger partial charge in [-0.2, -0.15) is 0 Å². The number of aryl methyl sites for hydroxylation is 1. The first-order chi connectivity index (χ1) is 9.10. The zero-order valence-electron chi connectivity index (χ0n) is 10.7. The number of nitrogens with one attached hydrogen (secondary N) is 2. The van der Waals surface area contributed by atoms with Crippen molar-refractivity contribution >= 4 is 49.2 Å². The molecule has 0 bridgehead atoms. The molecule has 1 aromatic carbocycles. The lowest BCUT2D eigenvalue weighted by Crippen LogP contribution is -2.04. The molecular weight excluding hydrogens is 372 g/mol. The number of rotatable bonds is 4. The molecule has 0 saturated heterocycles. The number of halogens is 2. The normalized spacial score (nSPS) is 10.3. The average Bonchev–Trinajstić information content (AvgIpc) is 2.34. The van der Waals surface area contributed by atoms with E-state index in [-0.39, 0.29) is 0 Å². The second kappa shape index (κ2) is 6.34. The van der Waals surface area contributed by atoms with Crippen molar-refractivity contribution in [1.29, 1.82) is 0 Å². The molecule has 1 aromatic heterocycles. The highest BCUT2D eigenvalue weighted by Crippen LogP contribution is 2.32. The van der Waals surface area contributed by atoms with Gasteiger partial charge < -0.3 is 10.6 Å². The minimum Gasteiger partial charge on any atom is -0.370 e. The Morgan fingerprint density at radius 2 is 1.74 bits per heavy atom. The zero-order chi connectivity index (χ0) is 13.8. The molecule has 6 heteroatoms. The monoisotopic (exact) mass is 384 g/mol. The molecule has 4 nitrogen and oxygen atoms in total. The summed E-state index contributed by atoms with van der Waals surface area (Å²) in [5.41, 5.74) is 0.947. The summed E-state index contributed by atoms with van der Waals surface area (Å²) in [6.07, 6.45) is 0. The van der Waals surface area contributed by atoms with Crippen molar-refractivity contribution in [3.8, 4) is 0 Å². The SMILES string of the molecule is CCNc1cc(Nc2c(Br)cccc2Br)nc(C)n1. The lowest BCUT2D eigenvalue weighted by atomic mass is 10.3. The number of para-hydroxylation sites is 1. The van der Waals surface area contributed by atoms with Gasteiger partial charge in [0.15, 0.2) is 0 Å². The second-order valence-corrected chi connectivity index (χ2v) is 5.65. The third-order valence-electron chi connectivity index (χ3n) is 2.41. The summed E-state index contributed by atoms with van der Waals surface area (Å²) in [6, 6.07) is 7.82. The molecule has 0 atom stereocenters. The van der Waals surface area contributed by atoms with Gasteiger partial charge in [-0.3, -0.25) is 0 Å². The standard InChI is InChI=1S/C13H14Br2N4/c1-3-16-11-7-12(18-8(2)17-11)19-13-9(14)5-4-6-10(13)15/h4-7H,3H2,1-2H3,(H2,16,17,18,19). The van der Waals surface area contributed by atoms with E-state index in [1.165, 1.54) is 0 Å². The van der Waals surface area contributed by atoms with Gasteiger partial charge in [0.25, 0.3) is 0 Å². The fourth-order valence-electron chi connectivity index (χ4n) is 1.65. The van der Waals surface area contributed by atoms with E-state index in [1.54, 1.807) is 0 Å². The quantitative estimate of drug-likeness (QED) is 0.814. The number of aromatic nitrogens is 2. The van der Waals surface area contributed by atoms with Crippen molar-refractivity contribution < 1.29 is 0 Å². The fourth-order valence-corrected chi connectivity index (χ4v) is 2.85. The van der Waals surface area contributed by atoms with Crippen LogP contribution in [0.1, 0.15) is 12.7 Å². The van der Waals surface area contributed by atoms with Gasteiger partial charge in [0.1, 0.15) is 17.5 Å². The number of hydrogen-bond acceptors (Lipinski definition) is 4. The topological polar surface area (TPSA) is 49.8 Å². The number of nitrogens with zero attached hydrogens (tertiary/aromatic N) is 2. The third-order valence-corrected chi connectivity index (χ3v) is 3.73. The average molecular weight is 386 g/mol. The lowest BCUT2D eigenvalue weighted by molar-refractivity contribution is 1.04. The van der Waals surface area contributed by atoms with Crippen molar-refractivity contribution in [3.63, 3.8) is 0 Å². The largest absolute Gasteiger partial charge is 0.370 e. The summed E-state index contributed by atoms with van der Waals surface area (Å²) < 4.78 is 1.95. The molecule has 0 fully saturated rings. The van der Waals surface area contributed by atoms with E-state index in [0.717, 1.165) is 38.6 Å². The fraction of sp³-hybridized carbons (Fsp3) is 0.231. The van der Waals surface area contributed by atoms with Crippen LogP contribution in [0.2, 0.25) is 0 Å². The molecular formula is C13H14Br2N4. The molecule has 0 radical (unpaired) electrons. The van der Waals surface area contributed by atoms with Crippen LogP contribution < -0.4 is 10.6 Å². The van der Waals surface area contributed by atoms with Crippen LogP contribution in [0.5, 0.6) is 0 Å². The maximum absolute atomic E-state index is 4.39. The first kappa shape index (κ1) is 14.3. The summed E-state index contributed by atoms with van der Waals surface area (Å²) in [6.45, 7) is 4.74. The molecule has 2 rings (SSSR count). The Morgan fingerprint density at radius 1 is 1.11 bits per heavy atom. The summed E-state index contributed by atoms with van der Waals surface area (Å²) >= 11 is 7.04. The molecule has 100 valence electrons. The number of hydrogen-bond donors (Lipinski definition) is 2. The molecule has 0 spiro atoms. The molecule has 0 amide bonds. The Balaban J connectivity index is 2.33. The minimum absolute atomic E-state index is 0.726. The molecule has 0 saturated carbocycles. The van der Waals surface area contributed by atoms with Gasteiger partial charge in [0, 0.05) is 21.6 Å². The minimum atomic E-state index is 0.726. The van der Waals surface area contributed by atoms with Crippen molar-refractivity contribution in [2.45, 2.75) is 13.8 Å². The van der Waals surface area contributed by atoms with Gasteiger partial charge in [-0.1, -0.05) is 6.07 Å². The molecule has 0 aliphatic carbocycles. The Hall–Kier alpha value is -1.14. The maximum atomic E-state index is 4.39. The molecule has 0 aliphatic rings. The van der Waals surface area contributed by atoms with E-state index in [0.29, 0.717) is 0 Å². The summed E-state index contributed by atoms with van der Waals surface area (Å²) in [5.74, 6) is 2.31. The van der Waals surface area contributed by atoms with Gasteiger partial charge in [0.2, 0.25) is 0 Å². The van der Waals surface area contributed by atoms with Crippen molar-refractivity contribution in [1.82, 2.24) is 9.97 Å². The van der Waals surface area contributed by atoms with Crippen LogP contribution in [-0.2, 0) is 0 Å². The highest BCUT2D eigenvalue weighted by molar-refractivity contribution is 9.11. The third kappa shape index (κ3) is 3.67. The highest BCUT2D eigenvalue weighted by atomic mass is 79.9. The van der Waals surface area contributed by atoms with Crippen LogP contribution in [0.3, 0.4) is 0 Å². The van der Waals surface area contributed by atoms with E-state index in [4.69, 9.17) is 0 Å². The summed E-state index contributed by atoms with van der Waals surface area (Å²) in [7, 11) is 0. The number of benzene rings is 1. The van der Waals surface area contributed by atoms with Crippen LogP contribution >= 0.6 is 31.9 Å². The number of anilines is 3. The van der Waals surface area contributed by atoms with Crippen molar-refractivity contribution in [2.75, 3.05) is 17.2 Å². The maximum Gasteiger partial charge on any atom is 0.136 e.